The van der Waals surface area contributed by atoms with Crippen LogP contribution in [0.3, 0.4) is 0 Å². The number of ether oxygens (including phenoxy) is 1. The highest BCUT2D eigenvalue weighted by molar-refractivity contribution is 5.68. The topological polar surface area (TPSA) is 38.3 Å². The van der Waals surface area contributed by atoms with Crippen LogP contribution in [0.15, 0.2) is 18.2 Å². The Morgan fingerprint density at radius 2 is 2.29 bits per heavy atom. The van der Waals surface area contributed by atoms with E-state index in [1.54, 1.807) is 0 Å². The van der Waals surface area contributed by atoms with E-state index in [0.717, 1.165) is 6.42 Å². The number of alkyl carbamates (subject to hydrolysis) is 1. The van der Waals surface area contributed by atoms with Crippen molar-refractivity contribution in [3.8, 4) is 0 Å². The molecule has 0 aromatic heterocycles. The highest BCUT2D eigenvalue weighted by Gasteiger charge is 2.30. The third-order valence-corrected chi connectivity index (χ3v) is 3.30. The molecule has 3 heteroatoms. The second-order valence-corrected chi connectivity index (χ2v) is 4.73. The first-order valence-corrected chi connectivity index (χ1v) is 6.14. The summed E-state index contributed by atoms with van der Waals surface area (Å²) in [6.45, 7) is 6.46. The Hall–Kier alpha value is -1.51. The van der Waals surface area contributed by atoms with Crippen molar-refractivity contribution in [3.63, 3.8) is 0 Å². The van der Waals surface area contributed by atoms with Crippen LogP contribution >= 0.6 is 0 Å². The smallest absolute Gasteiger partial charge is 0.407 e. The molecule has 1 aliphatic rings. The molecule has 0 unspecified atom stereocenters. The summed E-state index contributed by atoms with van der Waals surface area (Å²) in [6.07, 6.45) is 0.700. The number of aryl methyl sites for hydroxylation is 1. The van der Waals surface area contributed by atoms with Crippen LogP contribution in [0.5, 0.6) is 0 Å². The fourth-order valence-electron chi connectivity index (χ4n) is 2.48. The van der Waals surface area contributed by atoms with E-state index in [9.17, 15) is 4.79 Å². The molecular weight excluding hydrogens is 214 g/mol. The lowest BCUT2D eigenvalue weighted by Gasteiger charge is -2.18. The van der Waals surface area contributed by atoms with Crippen LogP contribution in [0, 0.1) is 12.8 Å². The van der Waals surface area contributed by atoms with Gasteiger partial charge < -0.3 is 10.1 Å². The summed E-state index contributed by atoms with van der Waals surface area (Å²) in [6, 6.07) is 6.53. The molecule has 2 atom stereocenters. The van der Waals surface area contributed by atoms with Gasteiger partial charge in [0.05, 0.1) is 12.6 Å². The Kier molecular flexibility index (Phi) is 3.36. The number of rotatable bonds is 2. The summed E-state index contributed by atoms with van der Waals surface area (Å²) in [5.41, 5.74) is 3.81. The Labute approximate surface area is 102 Å². The second kappa shape index (κ2) is 4.78. The average molecular weight is 233 g/mol. The monoisotopic (exact) mass is 233 g/mol. The predicted molar refractivity (Wildman–Crippen MR) is 66.9 cm³/mol. The number of amides is 1. The van der Waals surface area contributed by atoms with E-state index < -0.39 is 0 Å². The summed E-state index contributed by atoms with van der Waals surface area (Å²) >= 11 is 0. The van der Waals surface area contributed by atoms with E-state index in [2.05, 4.69) is 37.4 Å². The van der Waals surface area contributed by atoms with Gasteiger partial charge in [-0.3, -0.25) is 0 Å². The number of hydrogen-bond donors (Lipinski definition) is 1. The standard InChI is InChI=1S/C14H19NO2/c1-4-17-14(16)15-13-10(3)8-11-6-5-9(2)7-12(11)13/h5-7,10,13H,4,8H2,1-3H3,(H,15,16)/t10-,13+/m0/s1. The summed E-state index contributed by atoms with van der Waals surface area (Å²) in [5.74, 6) is 0.427. The van der Waals surface area contributed by atoms with Gasteiger partial charge in [-0.05, 0) is 37.3 Å². The van der Waals surface area contributed by atoms with Crippen molar-refractivity contribution in [1.82, 2.24) is 5.32 Å². The van der Waals surface area contributed by atoms with Crippen LogP contribution in [0.1, 0.15) is 36.6 Å². The Morgan fingerprint density at radius 1 is 1.53 bits per heavy atom. The zero-order valence-electron chi connectivity index (χ0n) is 10.6. The lowest BCUT2D eigenvalue weighted by molar-refractivity contribution is 0.145. The number of hydrogen-bond acceptors (Lipinski definition) is 2. The molecule has 0 saturated carbocycles. The van der Waals surface area contributed by atoms with E-state index in [-0.39, 0.29) is 12.1 Å². The molecular formula is C14H19NO2. The lowest BCUT2D eigenvalue weighted by atomic mass is 10.0. The number of nitrogens with one attached hydrogen (secondary N) is 1. The Bertz CT molecular complexity index is 428. The van der Waals surface area contributed by atoms with E-state index in [1.807, 2.05) is 6.92 Å². The summed E-state index contributed by atoms with van der Waals surface area (Å²) in [4.78, 5) is 11.5. The van der Waals surface area contributed by atoms with Crippen molar-refractivity contribution in [2.24, 2.45) is 5.92 Å². The molecule has 0 heterocycles. The minimum absolute atomic E-state index is 0.0870. The van der Waals surface area contributed by atoms with E-state index in [0.29, 0.717) is 12.5 Å². The average Bonchev–Trinajstić information content (AvgIpc) is 2.56. The first kappa shape index (κ1) is 12.0. The van der Waals surface area contributed by atoms with Crippen LogP contribution in [0.25, 0.3) is 0 Å². The number of carbonyl (C=O) groups excluding carboxylic acids is 1. The van der Waals surface area contributed by atoms with Gasteiger partial charge in [0, 0.05) is 0 Å². The first-order chi connectivity index (χ1) is 8.11. The maximum absolute atomic E-state index is 11.5. The molecule has 3 nitrogen and oxygen atoms in total. The zero-order valence-corrected chi connectivity index (χ0v) is 10.6. The first-order valence-electron chi connectivity index (χ1n) is 6.14. The number of benzene rings is 1. The highest BCUT2D eigenvalue weighted by Crippen LogP contribution is 2.36. The Balaban J connectivity index is 2.19. The quantitative estimate of drug-likeness (QED) is 0.852. The molecule has 1 amide bonds. The van der Waals surface area contributed by atoms with Crippen LogP contribution in [-0.4, -0.2) is 12.7 Å². The Morgan fingerprint density at radius 3 is 3.00 bits per heavy atom. The maximum Gasteiger partial charge on any atom is 0.407 e. The van der Waals surface area contributed by atoms with Gasteiger partial charge in [0.1, 0.15) is 0 Å². The molecule has 0 radical (unpaired) electrons. The van der Waals surface area contributed by atoms with Crippen LogP contribution in [0.4, 0.5) is 4.79 Å². The van der Waals surface area contributed by atoms with Gasteiger partial charge in [0.15, 0.2) is 0 Å². The van der Waals surface area contributed by atoms with Gasteiger partial charge >= 0.3 is 6.09 Å². The van der Waals surface area contributed by atoms with Crippen LogP contribution in [0.2, 0.25) is 0 Å². The molecule has 1 aromatic rings. The largest absolute Gasteiger partial charge is 0.450 e. The number of fused-ring (bicyclic) bond motifs is 1. The van der Waals surface area contributed by atoms with Crippen molar-refractivity contribution >= 4 is 6.09 Å². The molecule has 1 N–H and O–H groups in total. The van der Waals surface area contributed by atoms with Gasteiger partial charge in [-0.2, -0.15) is 0 Å². The summed E-state index contributed by atoms with van der Waals surface area (Å²) in [5, 5.41) is 2.95. The van der Waals surface area contributed by atoms with Gasteiger partial charge in [-0.25, -0.2) is 4.79 Å². The fraction of sp³-hybridized carbons (Fsp3) is 0.500. The zero-order chi connectivity index (χ0) is 12.4. The van der Waals surface area contributed by atoms with Gasteiger partial charge in [-0.15, -0.1) is 0 Å². The predicted octanol–water partition coefficient (Wildman–Crippen LogP) is 2.97. The molecule has 0 fully saturated rings. The summed E-state index contributed by atoms with van der Waals surface area (Å²) in [7, 11) is 0. The summed E-state index contributed by atoms with van der Waals surface area (Å²) < 4.78 is 4.95. The minimum atomic E-state index is -0.321. The lowest BCUT2D eigenvalue weighted by Crippen LogP contribution is -2.31. The molecule has 1 aromatic carbocycles. The van der Waals surface area contributed by atoms with Gasteiger partial charge in [0.2, 0.25) is 0 Å². The maximum atomic E-state index is 11.5. The van der Waals surface area contributed by atoms with E-state index in [4.69, 9.17) is 4.74 Å². The van der Waals surface area contributed by atoms with E-state index >= 15 is 0 Å². The fourth-order valence-corrected chi connectivity index (χ4v) is 2.48. The van der Waals surface area contributed by atoms with Crippen molar-refractivity contribution < 1.29 is 9.53 Å². The molecule has 1 aliphatic carbocycles. The van der Waals surface area contributed by atoms with Crippen LogP contribution in [-0.2, 0) is 11.2 Å². The van der Waals surface area contributed by atoms with Crippen molar-refractivity contribution in [2.45, 2.75) is 33.2 Å². The van der Waals surface area contributed by atoms with Gasteiger partial charge in [0.25, 0.3) is 0 Å². The molecule has 0 spiro atoms. The second-order valence-electron chi connectivity index (χ2n) is 4.73. The third kappa shape index (κ3) is 2.43. The third-order valence-electron chi connectivity index (χ3n) is 3.30. The number of carbonyl (C=O) groups is 1. The van der Waals surface area contributed by atoms with Crippen molar-refractivity contribution in [3.05, 3.63) is 34.9 Å². The van der Waals surface area contributed by atoms with Crippen molar-refractivity contribution in [2.75, 3.05) is 6.61 Å². The molecule has 0 saturated heterocycles. The molecule has 2 rings (SSSR count). The van der Waals surface area contributed by atoms with Crippen LogP contribution < -0.4 is 5.32 Å². The molecule has 17 heavy (non-hydrogen) atoms. The SMILES string of the molecule is CCOC(=O)N[C@H]1c2cc(C)ccc2C[C@@H]1C. The molecule has 92 valence electrons. The molecule has 0 aliphatic heterocycles. The normalized spacial score (nSPS) is 22.1. The van der Waals surface area contributed by atoms with Gasteiger partial charge in [-0.1, -0.05) is 30.7 Å². The van der Waals surface area contributed by atoms with Crippen molar-refractivity contribution in [1.29, 1.82) is 0 Å². The molecule has 0 bridgehead atoms. The van der Waals surface area contributed by atoms with E-state index in [1.165, 1.54) is 16.7 Å². The highest BCUT2D eigenvalue weighted by atomic mass is 16.5. The minimum Gasteiger partial charge on any atom is -0.450 e.